The maximum absolute atomic E-state index is 12.2. The molecule has 1 aliphatic heterocycles. The number of carbonyl (C=O) groups is 1. The van der Waals surface area contributed by atoms with E-state index in [9.17, 15) is 4.79 Å². The first-order chi connectivity index (χ1) is 11.1. The third-order valence-electron chi connectivity index (χ3n) is 4.28. The Hall–Kier alpha value is -1.44. The average Bonchev–Trinajstić information content (AvgIpc) is 3.09. The van der Waals surface area contributed by atoms with Crippen LogP contribution in [0.2, 0.25) is 0 Å². The van der Waals surface area contributed by atoms with Crippen molar-refractivity contribution in [3.05, 3.63) is 23.5 Å². The second kappa shape index (κ2) is 7.42. The van der Waals surface area contributed by atoms with Gasteiger partial charge in [-0.05, 0) is 5.92 Å². The summed E-state index contributed by atoms with van der Waals surface area (Å²) in [5, 5.41) is 5.07. The van der Waals surface area contributed by atoms with Crippen LogP contribution in [0, 0.1) is 5.92 Å². The standard InChI is InChI=1S/C16H24N4O2S/c1-12(2)14(19-3-6-22-7-4-19)10-17-15(21)9-13-11-20-5-8-23-16(20)18-13/h5,8,11-12,14H,3-4,6-7,9-10H2,1-2H3,(H,17,21). The van der Waals surface area contributed by atoms with Gasteiger partial charge < -0.3 is 10.1 Å². The number of ether oxygens (including phenoxy) is 1. The summed E-state index contributed by atoms with van der Waals surface area (Å²) in [7, 11) is 0. The summed E-state index contributed by atoms with van der Waals surface area (Å²) in [5.74, 6) is 0.529. The highest BCUT2D eigenvalue weighted by atomic mass is 32.1. The Morgan fingerprint density at radius 3 is 2.91 bits per heavy atom. The summed E-state index contributed by atoms with van der Waals surface area (Å²) in [6, 6.07) is 0.355. The fraction of sp³-hybridized carbons (Fsp3) is 0.625. The van der Waals surface area contributed by atoms with Crippen LogP contribution in [-0.4, -0.2) is 59.1 Å². The number of aromatic nitrogens is 2. The summed E-state index contributed by atoms with van der Waals surface area (Å²) in [6.45, 7) is 8.53. The molecule has 0 saturated carbocycles. The van der Waals surface area contributed by atoms with Gasteiger partial charge in [0.15, 0.2) is 4.96 Å². The number of thiazole rings is 1. The van der Waals surface area contributed by atoms with Crippen LogP contribution in [0.25, 0.3) is 4.96 Å². The molecule has 0 aliphatic carbocycles. The van der Waals surface area contributed by atoms with Gasteiger partial charge in [-0.3, -0.25) is 14.1 Å². The van der Waals surface area contributed by atoms with Gasteiger partial charge in [-0.15, -0.1) is 11.3 Å². The van der Waals surface area contributed by atoms with Crippen molar-refractivity contribution < 1.29 is 9.53 Å². The summed E-state index contributed by atoms with van der Waals surface area (Å²) in [5.41, 5.74) is 0.821. The highest BCUT2D eigenvalue weighted by Crippen LogP contribution is 2.13. The average molecular weight is 336 g/mol. The molecule has 1 atom stereocenters. The summed E-state index contributed by atoms with van der Waals surface area (Å²) < 4.78 is 7.37. The number of amides is 1. The third kappa shape index (κ3) is 4.10. The number of morpholine rings is 1. The number of hydrogen-bond acceptors (Lipinski definition) is 5. The first kappa shape index (κ1) is 16.4. The van der Waals surface area contributed by atoms with E-state index in [1.165, 1.54) is 0 Å². The number of hydrogen-bond donors (Lipinski definition) is 1. The molecule has 0 radical (unpaired) electrons. The molecule has 0 aromatic carbocycles. The minimum Gasteiger partial charge on any atom is -0.379 e. The molecule has 3 heterocycles. The van der Waals surface area contributed by atoms with Gasteiger partial charge in [0.1, 0.15) is 0 Å². The number of carbonyl (C=O) groups excluding carboxylic acids is 1. The van der Waals surface area contributed by atoms with Crippen LogP contribution in [0.3, 0.4) is 0 Å². The normalized spacial score (nSPS) is 17.7. The zero-order chi connectivity index (χ0) is 16.2. The molecule has 7 heteroatoms. The van der Waals surface area contributed by atoms with Crippen LogP contribution in [0.5, 0.6) is 0 Å². The van der Waals surface area contributed by atoms with E-state index in [1.807, 2.05) is 22.2 Å². The molecular weight excluding hydrogens is 312 g/mol. The lowest BCUT2D eigenvalue weighted by Crippen LogP contribution is -2.51. The molecule has 1 amide bonds. The first-order valence-corrected chi connectivity index (χ1v) is 9.01. The number of imidazole rings is 1. The molecule has 126 valence electrons. The number of rotatable bonds is 6. The van der Waals surface area contributed by atoms with E-state index in [2.05, 4.69) is 29.0 Å². The molecule has 1 saturated heterocycles. The van der Waals surface area contributed by atoms with Crippen molar-refractivity contribution in [3.8, 4) is 0 Å². The highest BCUT2D eigenvalue weighted by molar-refractivity contribution is 7.15. The lowest BCUT2D eigenvalue weighted by atomic mass is 10.0. The molecule has 0 bridgehead atoms. The molecule has 1 aliphatic rings. The second-order valence-electron chi connectivity index (χ2n) is 6.27. The van der Waals surface area contributed by atoms with Crippen molar-refractivity contribution in [2.45, 2.75) is 26.3 Å². The fourth-order valence-electron chi connectivity index (χ4n) is 3.00. The van der Waals surface area contributed by atoms with Crippen LogP contribution < -0.4 is 5.32 Å². The zero-order valence-corrected chi connectivity index (χ0v) is 14.5. The van der Waals surface area contributed by atoms with Gasteiger partial charge in [-0.1, -0.05) is 13.8 Å². The Morgan fingerprint density at radius 1 is 1.43 bits per heavy atom. The van der Waals surface area contributed by atoms with Gasteiger partial charge in [0.25, 0.3) is 0 Å². The predicted molar refractivity (Wildman–Crippen MR) is 90.8 cm³/mol. The highest BCUT2D eigenvalue weighted by Gasteiger charge is 2.24. The summed E-state index contributed by atoms with van der Waals surface area (Å²) in [6.07, 6.45) is 4.22. The van der Waals surface area contributed by atoms with Crippen LogP contribution in [0.4, 0.5) is 0 Å². The van der Waals surface area contributed by atoms with Crippen molar-refractivity contribution in [1.82, 2.24) is 19.6 Å². The van der Waals surface area contributed by atoms with E-state index in [4.69, 9.17) is 4.74 Å². The van der Waals surface area contributed by atoms with E-state index in [0.717, 1.165) is 37.0 Å². The van der Waals surface area contributed by atoms with Gasteiger partial charge in [-0.25, -0.2) is 4.98 Å². The van der Waals surface area contributed by atoms with Crippen molar-refractivity contribution in [2.24, 2.45) is 5.92 Å². The molecule has 3 rings (SSSR count). The van der Waals surface area contributed by atoms with E-state index >= 15 is 0 Å². The Bertz CT molecular complexity index is 617. The predicted octanol–water partition coefficient (Wildman–Crippen LogP) is 1.41. The van der Waals surface area contributed by atoms with Crippen molar-refractivity contribution in [3.63, 3.8) is 0 Å². The molecule has 23 heavy (non-hydrogen) atoms. The van der Waals surface area contributed by atoms with Gasteiger partial charge in [0.05, 0.1) is 25.3 Å². The maximum atomic E-state index is 12.2. The molecule has 0 spiro atoms. The molecule has 1 unspecified atom stereocenters. The van der Waals surface area contributed by atoms with E-state index in [0.29, 0.717) is 24.9 Å². The topological polar surface area (TPSA) is 58.9 Å². The second-order valence-corrected chi connectivity index (χ2v) is 7.14. The van der Waals surface area contributed by atoms with Crippen LogP contribution >= 0.6 is 11.3 Å². The van der Waals surface area contributed by atoms with Gasteiger partial charge in [0.2, 0.25) is 5.91 Å². The molecule has 1 fully saturated rings. The van der Waals surface area contributed by atoms with E-state index < -0.39 is 0 Å². The number of nitrogens with zero attached hydrogens (tertiary/aromatic N) is 3. The van der Waals surface area contributed by atoms with Crippen molar-refractivity contribution in [1.29, 1.82) is 0 Å². The minimum atomic E-state index is 0.0367. The van der Waals surface area contributed by atoms with Gasteiger partial charge in [0, 0.05) is 43.4 Å². The van der Waals surface area contributed by atoms with Crippen LogP contribution in [-0.2, 0) is 16.0 Å². The Morgan fingerprint density at radius 2 is 2.22 bits per heavy atom. The third-order valence-corrected chi connectivity index (χ3v) is 5.05. The smallest absolute Gasteiger partial charge is 0.226 e. The van der Waals surface area contributed by atoms with Gasteiger partial charge >= 0.3 is 0 Å². The fourth-order valence-corrected chi connectivity index (χ4v) is 3.72. The zero-order valence-electron chi connectivity index (χ0n) is 13.7. The monoisotopic (exact) mass is 336 g/mol. The lowest BCUT2D eigenvalue weighted by molar-refractivity contribution is -0.120. The minimum absolute atomic E-state index is 0.0367. The maximum Gasteiger partial charge on any atom is 0.226 e. The molecular formula is C16H24N4O2S. The molecule has 2 aromatic rings. The van der Waals surface area contributed by atoms with Crippen molar-refractivity contribution in [2.75, 3.05) is 32.8 Å². The molecule has 2 aromatic heterocycles. The number of fused-ring (bicyclic) bond motifs is 1. The lowest BCUT2D eigenvalue weighted by Gasteiger charge is -2.36. The van der Waals surface area contributed by atoms with E-state index in [-0.39, 0.29) is 5.91 Å². The van der Waals surface area contributed by atoms with Crippen molar-refractivity contribution >= 4 is 22.2 Å². The quantitative estimate of drug-likeness (QED) is 0.867. The Labute approximate surface area is 140 Å². The van der Waals surface area contributed by atoms with Crippen LogP contribution in [0.1, 0.15) is 19.5 Å². The van der Waals surface area contributed by atoms with Crippen LogP contribution in [0.15, 0.2) is 17.8 Å². The Balaban J connectivity index is 1.52. The SMILES string of the molecule is CC(C)C(CNC(=O)Cc1cn2ccsc2n1)N1CCOCC1. The summed E-state index contributed by atoms with van der Waals surface area (Å²) >= 11 is 1.58. The first-order valence-electron chi connectivity index (χ1n) is 8.13. The van der Waals surface area contributed by atoms with E-state index in [1.54, 1.807) is 11.3 Å². The molecule has 6 nitrogen and oxygen atoms in total. The summed E-state index contributed by atoms with van der Waals surface area (Å²) in [4.78, 5) is 20.0. The number of nitrogens with one attached hydrogen (secondary N) is 1. The largest absolute Gasteiger partial charge is 0.379 e. The Kier molecular flexibility index (Phi) is 5.30. The molecule has 1 N–H and O–H groups in total. The van der Waals surface area contributed by atoms with Gasteiger partial charge in [-0.2, -0.15) is 0 Å².